The Hall–Kier alpha value is -1.73. The third-order valence-corrected chi connectivity index (χ3v) is 4.97. The maximum Gasteiger partial charge on any atom is 0.127 e. The standard InChI is InChI=1S/C21H26O5S/c1-2-5-18(6-3-1)27-17-19-20-7-4-8-21(19)26-16-14-24-12-10-22-9-11-23-13-15-25-20/h1-8H,9-17H2. The lowest BCUT2D eigenvalue weighted by atomic mass is 10.2. The molecule has 0 amide bonds. The van der Waals surface area contributed by atoms with Gasteiger partial charge in [0.2, 0.25) is 0 Å². The predicted octanol–water partition coefficient (Wildman–Crippen LogP) is 3.80. The molecule has 5 nitrogen and oxygen atoms in total. The molecule has 0 saturated heterocycles. The SMILES string of the molecule is c1ccc(SCc2c3cccc2OCCOCCOCCOCCO3)cc1. The van der Waals surface area contributed by atoms with E-state index >= 15 is 0 Å². The van der Waals surface area contributed by atoms with Crippen molar-refractivity contribution < 1.29 is 23.7 Å². The fourth-order valence-electron chi connectivity index (χ4n) is 2.59. The molecule has 0 N–H and O–H groups in total. The molecule has 2 aromatic carbocycles. The zero-order valence-electron chi connectivity index (χ0n) is 15.4. The Labute approximate surface area is 164 Å². The summed E-state index contributed by atoms with van der Waals surface area (Å²) in [5.74, 6) is 2.44. The number of benzene rings is 2. The van der Waals surface area contributed by atoms with Crippen LogP contribution in [-0.2, 0) is 20.0 Å². The molecule has 0 radical (unpaired) electrons. The molecule has 0 fully saturated rings. The van der Waals surface area contributed by atoms with Gasteiger partial charge in [-0.15, -0.1) is 11.8 Å². The molecular weight excluding hydrogens is 364 g/mol. The van der Waals surface area contributed by atoms with E-state index in [4.69, 9.17) is 23.7 Å². The molecule has 0 aromatic heterocycles. The van der Waals surface area contributed by atoms with Crippen molar-refractivity contribution in [2.75, 3.05) is 52.9 Å². The molecule has 0 aliphatic carbocycles. The smallest absolute Gasteiger partial charge is 0.127 e. The average molecular weight is 391 g/mol. The van der Waals surface area contributed by atoms with E-state index in [2.05, 4.69) is 12.1 Å². The molecule has 0 atom stereocenters. The van der Waals surface area contributed by atoms with E-state index in [0.29, 0.717) is 52.9 Å². The first-order valence-corrected chi connectivity index (χ1v) is 10.2. The lowest BCUT2D eigenvalue weighted by molar-refractivity contribution is 0.00421. The quantitative estimate of drug-likeness (QED) is 0.743. The van der Waals surface area contributed by atoms with Gasteiger partial charge in [0.1, 0.15) is 24.7 Å². The number of rotatable bonds is 3. The van der Waals surface area contributed by atoms with Crippen LogP contribution in [0.1, 0.15) is 5.56 Å². The first-order valence-electron chi connectivity index (χ1n) is 9.22. The summed E-state index contributed by atoms with van der Waals surface area (Å²) >= 11 is 1.76. The number of ether oxygens (including phenoxy) is 5. The van der Waals surface area contributed by atoms with Crippen molar-refractivity contribution in [1.29, 1.82) is 0 Å². The van der Waals surface area contributed by atoms with E-state index in [0.717, 1.165) is 22.8 Å². The van der Waals surface area contributed by atoms with Gasteiger partial charge in [-0.2, -0.15) is 0 Å². The number of hydrogen-bond acceptors (Lipinski definition) is 6. The van der Waals surface area contributed by atoms with Crippen LogP contribution in [0.5, 0.6) is 11.5 Å². The lowest BCUT2D eigenvalue weighted by Gasteiger charge is -2.17. The highest BCUT2D eigenvalue weighted by Crippen LogP contribution is 2.34. The van der Waals surface area contributed by atoms with Crippen LogP contribution in [0.2, 0.25) is 0 Å². The van der Waals surface area contributed by atoms with Crippen LogP contribution in [0, 0.1) is 0 Å². The summed E-state index contributed by atoms with van der Waals surface area (Å²) in [5, 5.41) is 0. The van der Waals surface area contributed by atoms with E-state index in [1.165, 1.54) is 4.90 Å². The van der Waals surface area contributed by atoms with E-state index in [9.17, 15) is 0 Å². The zero-order valence-corrected chi connectivity index (χ0v) is 16.2. The first-order chi connectivity index (χ1) is 13.4. The summed E-state index contributed by atoms with van der Waals surface area (Å²) in [5.41, 5.74) is 1.06. The summed E-state index contributed by atoms with van der Waals surface area (Å²) in [6.07, 6.45) is 0. The van der Waals surface area contributed by atoms with Gasteiger partial charge in [0.05, 0.1) is 39.6 Å². The minimum Gasteiger partial charge on any atom is -0.491 e. The van der Waals surface area contributed by atoms with Gasteiger partial charge in [-0.1, -0.05) is 24.3 Å². The molecule has 2 bridgehead atoms. The second kappa shape index (κ2) is 11.9. The van der Waals surface area contributed by atoms with E-state index < -0.39 is 0 Å². The highest BCUT2D eigenvalue weighted by atomic mass is 32.2. The maximum absolute atomic E-state index is 5.98. The molecular formula is C21H26O5S. The largest absolute Gasteiger partial charge is 0.491 e. The van der Waals surface area contributed by atoms with Crippen molar-refractivity contribution in [3.8, 4) is 11.5 Å². The monoisotopic (exact) mass is 390 g/mol. The number of thioether (sulfide) groups is 1. The Bertz CT molecular complexity index is 633. The second-order valence-electron chi connectivity index (χ2n) is 5.87. The minimum absolute atomic E-state index is 0.496. The molecule has 0 spiro atoms. The Morgan fingerprint density at radius 1 is 0.593 bits per heavy atom. The van der Waals surface area contributed by atoms with Gasteiger partial charge in [0.15, 0.2) is 0 Å². The van der Waals surface area contributed by atoms with Gasteiger partial charge in [-0.25, -0.2) is 0 Å². The topological polar surface area (TPSA) is 46.2 Å². The van der Waals surface area contributed by atoms with Crippen LogP contribution in [0.3, 0.4) is 0 Å². The molecule has 3 rings (SSSR count). The van der Waals surface area contributed by atoms with Crippen LogP contribution in [-0.4, -0.2) is 52.9 Å². The van der Waals surface area contributed by atoms with Crippen LogP contribution < -0.4 is 9.47 Å². The fourth-order valence-corrected chi connectivity index (χ4v) is 3.54. The Morgan fingerprint density at radius 2 is 1.11 bits per heavy atom. The Balaban J connectivity index is 1.69. The highest BCUT2D eigenvalue weighted by Gasteiger charge is 2.12. The third-order valence-electron chi connectivity index (χ3n) is 3.93. The molecule has 146 valence electrons. The van der Waals surface area contributed by atoms with Gasteiger partial charge in [-0.05, 0) is 24.3 Å². The lowest BCUT2D eigenvalue weighted by Crippen LogP contribution is -2.15. The Morgan fingerprint density at radius 3 is 1.67 bits per heavy atom. The molecule has 2 aromatic rings. The molecule has 0 saturated carbocycles. The molecule has 1 aliphatic rings. The van der Waals surface area contributed by atoms with E-state index in [-0.39, 0.29) is 0 Å². The van der Waals surface area contributed by atoms with Crippen molar-refractivity contribution >= 4 is 11.8 Å². The highest BCUT2D eigenvalue weighted by molar-refractivity contribution is 7.98. The molecule has 1 aliphatic heterocycles. The summed E-state index contributed by atoms with van der Waals surface area (Å²) in [6, 6.07) is 16.3. The molecule has 6 heteroatoms. The summed E-state index contributed by atoms with van der Waals surface area (Å²) in [6.45, 7) is 4.28. The van der Waals surface area contributed by atoms with Gasteiger partial charge < -0.3 is 23.7 Å². The van der Waals surface area contributed by atoms with Gasteiger partial charge in [-0.3, -0.25) is 0 Å². The first kappa shape index (κ1) is 20.0. The van der Waals surface area contributed by atoms with Crippen LogP contribution in [0.25, 0.3) is 0 Å². The van der Waals surface area contributed by atoms with Crippen LogP contribution >= 0.6 is 11.8 Å². The molecule has 0 unspecified atom stereocenters. The van der Waals surface area contributed by atoms with Crippen molar-refractivity contribution in [2.24, 2.45) is 0 Å². The summed E-state index contributed by atoms with van der Waals surface area (Å²) in [7, 11) is 0. The summed E-state index contributed by atoms with van der Waals surface area (Å²) in [4.78, 5) is 1.21. The van der Waals surface area contributed by atoms with E-state index in [1.54, 1.807) is 11.8 Å². The van der Waals surface area contributed by atoms with Gasteiger partial charge in [0.25, 0.3) is 0 Å². The van der Waals surface area contributed by atoms with Crippen molar-refractivity contribution in [1.82, 2.24) is 0 Å². The number of fused-ring (bicyclic) bond motifs is 2. The van der Waals surface area contributed by atoms with Gasteiger partial charge in [0, 0.05) is 16.2 Å². The van der Waals surface area contributed by atoms with Crippen LogP contribution in [0.4, 0.5) is 0 Å². The zero-order chi connectivity index (χ0) is 18.6. The van der Waals surface area contributed by atoms with Crippen molar-refractivity contribution in [2.45, 2.75) is 10.6 Å². The fraction of sp³-hybridized carbons (Fsp3) is 0.429. The maximum atomic E-state index is 5.98. The average Bonchev–Trinajstić information content (AvgIpc) is 2.70. The van der Waals surface area contributed by atoms with Crippen molar-refractivity contribution in [3.63, 3.8) is 0 Å². The molecule has 1 heterocycles. The third kappa shape index (κ3) is 7.07. The minimum atomic E-state index is 0.496. The van der Waals surface area contributed by atoms with E-state index in [1.807, 2.05) is 36.4 Å². The Kier molecular flexibility index (Phi) is 8.80. The van der Waals surface area contributed by atoms with Crippen LogP contribution in [0.15, 0.2) is 53.4 Å². The van der Waals surface area contributed by atoms with Gasteiger partial charge >= 0.3 is 0 Å². The summed E-state index contributed by atoms with van der Waals surface area (Å²) < 4.78 is 28.5. The predicted molar refractivity (Wildman–Crippen MR) is 106 cm³/mol. The number of hydrogen-bond donors (Lipinski definition) is 0. The molecule has 27 heavy (non-hydrogen) atoms. The normalized spacial score (nSPS) is 16.9. The second-order valence-corrected chi connectivity index (χ2v) is 6.92. The van der Waals surface area contributed by atoms with Crippen molar-refractivity contribution in [3.05, 3.63) is 54.1 Å².